The molecule has 0 heterocycles. The van der Waals surface area contributed by atoms with Gasteiger partial charge in [0.15, 0.2) is 17.3 Å². The molecule has 0 saturated heterocycles. The van der Waals surface area contributed by atoms with Crippen molar-refractivity contribution < 1.29 is 19.6 Å². The van der Waals surface area contributed by atoms with E-state index in [1.807, 2.05) is 12.1 Å². The number of terminal acetylenes is 2. The number of carbonyl (C=O) groups excluding carboxylic acids is 2. The van der Waals surface area contributed by atoms with Gasteiger partial charge in [0.25, 0.3) is 0 Å². The second-order valence-corrected chi connectivity index (χ2v) is 5.63. The van der Waals surface area contributed by atoms with Gasteiger partial charge in [-0.2, -0.15) is 0 Å². The highest BCUT2D eigenvalue weighted by Crippen LogP contribution is 2.06. The van der Waals surface area contributed by atoms with Gasteiger partial charge in [0.05, 0.1) is 0 Å². The van der Waals surface area contributed by atoms with Crippen LogP contribution >= 0.6 is 0 Å². The van der Waals surface area contributed by atoms with E-state index in [1.54, 1.807) is 36.4 Å². The van der Waals surface area contributed by atoms with E-state index >= 15 is 0 Å². The molecule has 0 saturated carbocycles. The molecule has 146 valence electrons. The molecule has 6 heteroatoms. The van der Waals surface area contributed by atoms with Crippen molar-refractivity contribution >= 4 is 23.5 Å². The van der Waals surface area contributed by atoms with Gasteiger partial charge in [-0.15, -0.1) is 12.8 Å². The average Bonchev–Trinajstić information content (AvgIpc) is 2.74. The average molecular weight is 388 g/mol. The second-order valence-electron chi connectivity index (χ2n) is 5.63. The van der Waals surface area contributed by atoms with Gasteiger partial charge in [-0.1, -0.05) is 46.4 Å². The fourth-order valence-corrected chi connectivity index (χ4v) is 2.13. The molecule has 0 aromatic heterocycles. The molecule has 0 bridgehead atoms. The number of benzene rings is 2. The summed E-state index contributed by atoms with van der Waals surface area (Å²) in [6.45, 7) is 1.34. The minimum Gasteiger partial charge on any atom is -0.410 e. The molecule has 0 amide bonds. The van der Waals surface area contributed by atoms with E-state index in [9.17, 15) is 9.59 Å². The Morgan fingerprint density at radius 2 is 1.55 bits per heavy atom. The van der Waals surface area contributed by atoms with E-state index in [4.69, 9.17) is 18.1 Å². The van der Waals surface area contributed by atoms with Crippen LogP contribution in [0.4, 0.5) is 0 Å². The molecule has 0 atom stereocenters. The number of hydrogen-bond acceptors (Lipinski definition) is 6. The van der Waals surface area contributed by atoms with Gasteiger partial charge >= 0.3 is 0 Å². The Labute approximate surface area is 169 Å². The summed E-state index contributed by atoms with van der Waals surface area (Å²) in [6, 6.07) is 13.9. The Kier molecular flexibility index (Phi) is 9.68. The first-order valence-electron chi connectivity index (χ1n) is 8.40. The van der Waals surface area contributed by atoms with Crippen LogP contribution in [0.3, 0.4) is 0 Å². The van der Waals surface area contributed by atoms with Crippen molar-refractivity contribution in [3.05, 3.63) is 70.8 Å². The van der Waals surface area contributed by atoms with Gasteiger partial charge in [-0.25, -0.2) is 0 Å². The molecule has 0 radical (unpaired) electrons. The lowest BCUT2D eigenvalue weighted by molar-refractivity contribution is -0.112. The van der Waals surface area contributed by atoms with Crippen molar-refractivity contribution in [2.24, 2.45) is 10.3 Å². The molecule has 6 nitrogen and oxygen atoms in total. The number of carbonyl (C=O) groups is 2. The van der Waals surface area contributed by atoms with E-state index in [0.29, 0.717) is 12.0 Å². The number of Topliss-reactive ketones (excluding diaryl/α,β-unsaturated/α-hetero) is 2. The molecule has 1 N–H and O–H groups in total. The third-order valence-corrected chi connectivity index (χ3v) is 3.56. The Bertz CT molecular complexity index is 974. The maximum atomic E-state index is 11.3. The summed E-state index contributed by atoms with van der Waals surface area (Å²) in [5, 5.41) is 14.9. The van der Waals surface area contributed by atoms with E-state index in [0.717, 1.165) is 22.9 Å². The number of rotatable bonds is 6. The Morgan fingerprint density at radius 3 is 1.97 bits per heavy atom. The van der Waals surface area contributed by atoms with Gasteiger partial charge in [-0.3, -0.25) is 9.59 Å². The lowest BCUT2D eigenvalue weighted by atomic mass is 10.1. The first-order chi connectivity index (χ1) is 13.9. The van der Waals surface area contributed by atoms with Gasteiger partial charge in [0.2, 0.25) is 0 Å². The minimum atomic E-state index is -0.291. The minimum absolute atomic E-state index is 0.0357. The van der Waals surface area contributed by atoms with Crippen LogP contribution in [0, 0.1) is 24.7 Å². The third kappa shape index (κ3) is 7.94. The third-order valence-electron chi connectivity index (χ3n) is 3.56. The van der Waals surface area contributed by atoms with Crippen molar-refractivity contribution in [2.75, 3.05) is 7.11 Å². The summed E-state index contributed by atoms with van der Waals surface area (Å²) in [4.78, 5) is 26.7. The monoisotopic (exact) mass is 388 g/mol. The SMILES string of the molecule is C#Cc1ccc(C(=NO)C(C)=O)cc1.C#Cc1ccc(CC(=O)C=NOC)cc1. The van der Waals surface area contributed by atoms with Crippen molar-refractivity contribution in [1.82, 2.24) is 0 Å². The summed E-state index contributed by atoms with van der Waals surface area (Å²) < 4.78 is 0. The Morgan fingerprint density at radius 1 is 1.03 bits per heavy atom. The topological polar surface area (TPSA) is 88.3 Å². The van der Waals surface area contributed by atoms with Crippen LogP contribution in [-0.2, 0) is 20.8 Å². The van der Waals surface area contributed by atoms with Crippen LogP contribution in [0.15, 0.2) is 58.8 Å². The summed E-state index contributed by atoms with van der Waals surface area (Å²) in [6.07, 6.45) is 11.8. The maximum Gasteiger partial charge on any atom is 0.182 e. The van der Waals surface area contributed by atoms with Crippen LogP contribution in [0.5, 0.6) is 0 Å². The smallest absolute Gasteiger partial charge is 0.182 e. The zero-order valence-electron chi connectivity index (χ0n) is 16.1. The van der Waals surface area contributed by atoms with Crippen LogP contribution in [0.2, 0.25) is 0 Å². The molecule has 0 spiro atoms. The number of hydrogen-bond donors (Lipinski definition) is 1. The van der Waals surface area contributed by atoms with Gasteiger partial charge in [0, 0.05) is 30.0 Å². The lowest BCUT2D eigenvalue weighted by Gasteiger charge is -1.99. The molecule has 0 aliphatic carbocycles. The molecular formula is C23H20N2O4. The van der Waals surface area contributed by atoms with Crippen LogP contribution in [0.25, 0.3) is 0 Å². The number of nitrogens with zero attached hydrogens (tertiary/aromatic N) is 2. The summed E-state index contributed by atoms with van der Waals surface area (Å²) in [5.41, 5.74) is 3.01. The molecule has 0 aliphatic heterocycles. The lowest BCUT2D eigenvalue weighted by Crippen LogP contribution is -2.11. The fraction of sp³-hybridized carbons (Fsp3) is 0.130. The van der Waals surface area contributed by atoms with Gasteiger partial charge < -0.3 is 10.0 Å². The largest absolute Gasteiger partial charge is 0.410 e. The highest BCUT2D eigenvalue weighted by atomic mass is 16.6. The maximum absolute atomic E-state index is 11.3. The number of ketones is 2. The molecule has 0 fully saturated rings. The van der Waals surface area contributed by atoms with Gasteiger partial charge in [-0.05, 0) is 29.8 Å². The number of oxime groups is 2. The second kappa shape index (κ2) is 12.3. The predicted molar refractivity (Wildman–Crippen MR) is 112 cm³/mol. The quantitative estimate of drug-likeness (QED) is 0.357. The molecule has 2 aromatic rings. The normalized spacial score (nSPS) is 10.3. The molecule has 0 unspecified atom stereocenters. The van der Waals surface area contributed by atoms with Crippen LogP contribution < -0.4 is 0 Å². The standard InChI is InChI=1S/C12H11NO2.C11H9NO2/c1-3-10-4-6-11(7-5-10)8-12(14)9-13-15-2;1-3-9-4-6-10(7-5-9)11(12-14)8(2)13/h1,4-7,9H,8H2,2H3;1,4-7,14H,2H3. The molecular weight excluding hydrogens is 368 g/mol. The highest BCUT2D eigenvalue weighted by Gasteiger charge is 2.08. The molecule has 2 aromatic carbocycles. The first kappa shape index (κ1) is 22.9. The predicted octanol–water partition coefficient (Wildman–Crippen LogP) is 2.85. The van der Waals surface area contributed by atoms with E-state index in [1.165, 1.54) is 14.0 Å². The molecule has 2 rings (SSSR count). The highest BCUT2D eigenvalue weighted by molar-refractivity contribution is 6.45. The van der Waals surface area contributed by atoms with Crippen molar-refractivity contribution in [1.29, 1.82) is 0 Å². The zero-order chi connectivity index (χ0) is 21.6. The zero-order valence-corrected chi connectivity index (χ0v) is 16.1. The Hall–Kier alpha value is -4.16. The summed E-state index contributed by atoms with van der Waals surface area (Å²) >= 11 is 0. The van der Waals surface area contributed by atoms with Crippen molar-refractivity contribution in [3.63, 3.8) is 0 Å². The molecule has 0 aliphatic rings. The van der Waals surface area contributed by atoms with Crippen molar-refractivity contribution in [2.45, 2.75) is 13.3 Å². The van der Waals surface area contributed by atoms with Gasteiger partial charge in [0.1, 0.15) is 13.3 Å². The van der Waals surface area contributed by atoms with E-state index < -0.39 is 0 Å². The first-order valence-corrected chi connectivity index (χ1v) is 8.40. The van der Waals surface area contributed by atoms with Crippen LogP contribution in [0.1, 0.15) is 29.2 Å². The fourth-order valence-electron chi connectivity index (χ4n) is 2.13. The summed E-state index contributed by atoms with van der Waals surface area (Å²) in [5.74, 6) is 4.57. The molecule has 29 heavy (non-hydrogen) atoms. The van der Waals surface area contributed by atoms with E-state index in [-0.39, 0.29) is 17.3 Å². The van der Waals surface area contributed by atoms with E-state index in [2.05, 4.69) is 27.0 Å². The summed E-state index contributed by atoms with van der Waals surface area (Å²) in [7, 11) is 1.39. The Balaban J connectivity index is 0.000000291. The van der Waals surface area contributed by atoms with Crippen molar-refractivity contribution in [3.8, 4) is 24.7 Å². The van der Waals surface area contributed by atoms with Crippen LogP contribution in [-0.4, -0.2) is 35.8 Å².